The number of benzene rings is 1. The zero-order valence-corrected chi connectivity index (χ0v) is 16.1. The molecule has 4 heteroatoms. The van der Waals surface area contributed by atoms with Crippen LogP contribution in [0.2, 0.25) is 0 Å². The van der Waals surface area contributed by atoms with E-state index in [0.29, 0.717) is 12.1 Å². The highest BCUT2D eigenvalue weighted by Crippen LogP contribution is 2.40. The normalized spacial score (nSPS) is 26.3. The van der Waals surface area contributed by atoms with E-state index < -0.39 is 0 Å². The molecule has 2 aromatic rings. The number of rotatable bonds is 2. The van der Waals surface area contributed by atoms with Crippen LogP contribution in [0.25, 0.3) is 16.5 Å². The van der Waals surface area contributed by atoms with Gasteiger partial charge in [-0.05, 0) is 49.1 Å². The Bertz CT molecular complexity index is 888. The number of aromatic nitrogens is 1. The van der Waals surface area contributed by atoms with Gasteiger partial charge in [0.05, 0.1) is 5.92 Å². The lowest BCUT2D eigenvalue weighted by Gasteiger charge is -2.39. The molecule has 0 bridgehead atoms. The lowest BCUT2D eigenvalue weighted by atomic mass is 9.79. The molecule has 5 rings (SSSR count). The number of amides is 1. The molecule has 1 saturated carbocycles. The zero-order chi connectivity index (χ0) is 18.4. The smallest absolute Gasteiger partial charge is 0.228 e. The fourth-order valence-electron chi connectivity index (χ4n) is 5.35. The Kier molecular flexibility index (Phi) is 4.31. The van der Waals surface area contributed by atoms with E-state index in [2.05, 4.69) is 52.7 Å². The standard InChI is InChI=1S/C23H29N3O/c1-26-14-16(23(27)25-17-7-4-2-3-5-8-17)11-19-18-9-6-10-20-22(18)15(13-24-20)12-21(19)26/h6,9-11,13,16-17,21,24H,2-5,7-8,12,14H2,1H3,(H,25,27)/t16-,21-/m1/s1. The molecular formula is C23H29N3O. The van der Waals surface area contributed by atoms with Gasteiger partial charge in [-0.25, -0.2) is 0 Å². The molecule has 2 aliphatic carbocycles. The number of nitrogens with zero attached hydrogens (tertiary/aromatic N) is 1. The van der Waals surface area contributed by atoms with Crippen molar-refractivity contribution in [3.8, 4) is 0 Å². The molecule has 1 amide bonds. The highest BCUT2D eigenvalue weighted by molar-refractivity contribution is 5.99. The summed E-state index contributed by atoms with van der Waals surface area (Å²) in [6.07, 6.45) is 12.8. The maximum atomic E-state index is 13.0. The number of carbonyl (C=O) groups excluding carboxylic acids is 1. The molecule has 1 aromatic carbocycles. The Hall–Kier alpha value is -2.07. The molecule has 4 nitrogen and oxygen atoms in total. The Labute approximate surface area is 161 Å². The summed E-state index contributed by atoms with van der Waals surface area (Å²) >= 11 is 0. The van der Waals surface area contributed by atoms with Crippen LogP contribution in [0, 0.1) is 5.92 Å². The van der Waals surface area contributed by atoms with E-state index in [1.54, 1.807) is 0 Å². The van der Waals surface area contributed by atoms with E-state index in [-0.39, 0.29) is 11.8 Å². The van der Waals surface area contributed by atoms with E-state index in [1.807, 2.05) is 0 Å². The van der Waals surface area contributed by atoms with Gasteiger partial charge in [0, 0.05) is 35.7 Å². The number of H-pyrrole nitrogens is 1. The second-order valence-corrected chi connectivity index (χ2v) is 8.63. The average molecular weight is 364 g/mol. The number of hydrogen-bond donors (Lipinski definition) is 2. The fraction of sp³-hybridized carbons (Fsp3) is 0.522. The number of likely N-dealkylation sites (N-methyl/N-ethyl adjacent to an activating group) is 1. The van der Waals surface area contributed by atoms with Crippen molar-refractivity contribution in [3.63, 3.8) is 0 Å². The topological polar surface area (TPSA) is 48.1 Å². The summed E-state index contributed by atoms with van der Waals surface area (Å²) in [6, 6.07) is 7.23. The Morgan fingerprint density at radius 2 is 2.00 bits per heavy atom. The quantitative estimate of drug-likeness (QED) is 0.796. The summed E-state index contributed by atoms with van der Waals surface area (Å²) in [6.45, 7) is 0.808. The van der Waals surface area contributed by atoms with Gasteiger partial charge in [0.1, 0.15) is 0 Å². The number of fused-ring (bicyclic) bond motifs is 2. The molecule has 1 aliphatic heterocycles. The van der Waals surface area contributed by atoms with Crippen molar-refractivity contribution in [2.24, 2.45) is 5.92 Å². The molecule has 142 valence electrons. The van der Waals surface area contributed by atoms with Crippen molar-refractivity contribution in [2.75, 3.05) is 13.6 Å². The lowest BCUT2D eigenvalue weighted by Crippen LogP contribution is -2.48. The van der Waals surface area contributed by atoms with Crippen LogP contribution in [0.3, 0.4) is 0 Å². The number of aromatic amines is 1. The van der Waals surface area contributed by atoms with Crippen molar-refractivity contribution in [3.05, 3.63) is 41.6 Å². The number of hydrogen-bond acceptors (Lipinski definition) is 2. The minimum atomic E-state index is -0.0553. The lowest BCUT2D eigenvalue weighted by molar-refractivity contribution is -0.125. The van der Waals surface area contributed by atoms with Crippen molar-refractivity contribution < 1.29 is 4.79 Å². The van der Waals surface area contributed by atoms with Crippen LogP contribution in [-0.2, 0) is 11.2 Å². The van der Waals surface area contributed by atoms with E-state index >= 15 is 0 Å². The van der Waals surface area contributed by atoms with Gasteiger partial charge >= 0.3 is 0 Å². The van der Waals surface area contributed by atoms with E-state index in [1.165, 1.54) is 53.3 Å². The third-order valence-electron chi connectivity index (χ3n) is 6.81. The minimum absolute atomic E-state index is 0.0553. The summed E-state index contributed by atoms with van der Waals surface area (Å²) in [5.41, 5.74) is 5.24. The largest absolute Gasteiger partial charge is 0.361 e. The monoisotopic (exact) mass is 363 g/mol. The van der Waals surface area contributed by atoms with E-state index in [0.717, 1.165) is 25.8 Å². The highest BCUT2D eigenvalue weighted by atomic mass is 16.2. The van der Waals surface area contributed by atoms with Crippen molar-refractivity contribution in [2.45, 2.75) is 57.0 Å². The SMILES string of the molecule is CN1C[C@H](C(=O)NC2CCCCCC2)C=C2c3cccc4[nH]cc(c34)C[C@H]21. The molecular weight excluding hydrogens is 334 g/mol. The van der Waals surface area contributed by atoms with E-state index in [4.69, 9.17) is 0 Å². The average Bonchev–Trinajstić information content (AvgIpc) is 2.92. The van der Waals surface area contributed by atoms with Gasteiger partial charge in [0.15, 0.2) is 0 Å². The van der Waals surface area contributed by atoms with Crippen molar-refractivity contribution >= 4 is 22.4 Å². The van der Waals surface area contributed by atoms with Crippen LogP contribution in [0.5, 0.6) is 0 Å². The number of nitrogens with one attached hydrogen (secondary N) is 2. The molecule has 2 N–H and O–H groups in total. The zero-order valence-electron chi connectivity index (χ0n) is 16.1. The minimum Gasteiger partial charge on any atom is -0.361 e. The molecule has 0 spiro atoms. The van der Waals surface area contributed by atoms with Crippen LogP contribution < -0.4 is 5.32 Å². The van der Waals surface area contributed by atoms with Gasteiger partial charge in [0.25, 0.3) is 0 Å². The van der Waals surface area contributed by atoms with Gasteiger partial charge in [-0.3, -0.25) is 9.69 Å². The van der Waals surface area contributed by atoms with Gasteiger partial charge in [-0.1, -0.05) is 43.9 Å². The van der Waals surface area contributed by atoms with Crippen LogP contribution in [0.4, 0.5) is 0 Å². The summed E-state index contributed by atoms with van der Waals surface area (Å²) in [5.74, 6) is 0.159. The summed E-state index contributed by atoms with van der Waals surface area (Å²) in [4.78, 5) is 18.8. The third-order valence-corrected chi connectivity index (χ3v) is 6.81. The Balaban J connectivity index is 1.44. The molecule has 2 atom stereocenters. The summed E-state index contributed by atoms with van der Waals surface area (Å²) in [5, 5.41) is 4.71. The summed E-state index contributed by atoms with van der Waals surface area (Å²) in [7, 11) is 2.17. The van der Waals surface area contributed by atoms with Crippen LogP contribution in [0.1, 0.15) is 49.7 Å². The molecule has 1 fully saturated rings. The van der Waals surface area contributed by atoms with E-state index in [9.17, 15) is 4.79 Å². The predicted molar refractivity (Wildman–Crippen MR) is 110 cm³/mol. The fourth-order valence-corrected chi connectivity index (χ4v) is 5.35. The Morgan fingerprint density at radius 1 is 1.19 bits per heavy atom. The van der Waals surface area contributed by atoms with Crippen molar-refractivity contribution in [1.82, 2.24) is 15.2 Å². The van der Waals surface area contributed by atoms with Gasteiger partial charge < -0.3 is 10.3 Å². The molecule has 0 unspecified atom stereocenters. The number of carbonyl (C=O) groups is 1. The summed E-state index contributed by atoms with van der Waals surface area (Å²) < 4.78 is 0. The first-order valence-electron chi connectivity index (χ1n) is 10.5. The molecule has 2 heterocycles. The second kappa shape index (κ2) is 6.83. The molecule has 1 aromatic heterocycles. The maximum Gasteiger partial charge on any atom is 0.228 e. The van der Waals surface area contributed by atoms with Gasteiger partial charge in [0.2, 0.25) is 5.91 Å². The molecule has 0 saturated heterocycles. The maximum absolute atomic E-state index is 13.0. The highest BCUT2D eigenvalue weighted by Gasteiger charge is 2.36. The predicted octanol–water partition coefficient (Wildman–Crippen LogP) is 3.88. The van der Waals surface area contributed by atoms with Crippen molar-refractivity contribution in [1.29, 1.82) is 0 Å². The van der Waals surface area contributed by atoms with Gasteiger partial charge in [-0.15, -0.1) is 0 Å². The first-order chi connectivity index (χ1) is 13.2. The van der Waals surface area contributed by atoms with Gasteiger partial charge in [-0.2, -0.15) is 0 Å². The van der Waals surface area contributed by atoms with Crippen LogP contribution >= 0.6 is 0 Å². The third kappa shape index (κ3) is 3.00. The van der Waals surface area contributed by atoms with Crippen LogP contribution in [0.15, 0.2) is 30.5 Å². The first kappa shape index (κ1) is 17.1. The first-order valence-corrected chi connectivity index (χ1v) is 10.5. The Morgan fingerprint density at radius 3 is 2.81 bits per heavy atom. The molecule has 27 heavy (non-hydrogen) atoms. The second-order valence-electron chi connectivity index (χ2n) is 8.63. The molecule has 0 radical (unpaired) electrons. The molecule has 3 aliphatic rings. The van der Waals surface area contributed by atoms with Crippen LogP contribution in [-0.4, -0.2) is 41.5 Å².